The Kier molecular flexibility index (Phi) is 1.34. The van der Waals surface area contributed by atoms with Crippen LogP contribution in [0, 0.1) is 5.92 Å². The van der Waals surface area contributed by atoms with E-state index in [4.69, 9.17) is 0 Å². The molecule has 0 unspecified atom stereocenters. The number of amidine groups is 1. The molecule has 8 heavy (non-hydrogen) atoms. The maximum absolute atomic E-state index is 3.88. The van der Waals surface area contributed by atoms with Crippen LogP contribution in [0.2, 0.25) is 0 Å². The zero-order chi connectivity index (χ0) is 5.98. The standard InChI is InChI=1S/C4H10N4/c1-3(2)4-5-7-8-6-4/h3,7-8H,1-2H3,(H,5,6). The predicted molar refractivity (Wildman–Crippen MR) is 31.7 cm³/mol. The molecule has 0 fully saturated rings. The molecule has 0 aromatic heterocycles. The van der Waals surface area contributed by atoms with Crippen molar-refractivity contribution in [3.05, 3.63) is 0 Å². The van der Waals surface area contributed by atoms with Crippen LogP contribution in [0.25, 0.3) is 0 Å². The Morgan fingerprint density at radius 2 is 2.25 bits per heavy atom. The first-order valence-electron chi connectivity index (χ1n) is 2.64. The third-order valence-electron chi connectivity index (χ3n) is 0.970. The van der Waals surface area contributed by atoms with Crippen molar-refractivity contribution in [1.29, 1.82) is 0 Å². The molecule has 1 heterocycles. The summed E-state index contributed by atoms with van der Waals surface area (Å²) >= 11 is 0. The van der Waals surface area contributed by atoms with Gasteiger partial charge in [-0.05, 0) is 0 Å². The monoisotopic (exact) mass is 114 g/mol. The number of hydrogen-bond donors (Lipinski definition) is 3. The summed E-state index contributed by atoms with van der Waals surface area (Å²) in [7, 11) is 0. The third kappa shape index (κ3) is 0.894. The van der Waals surface area contributed by atoms with E-state index in [0.29, 0.717) is 5.92 Å². The van der Waals surface area contributed by atoms with E-state index in [9.17, 15) is 0 Å². The van der Waals surface area contributed by atoms with Gasteiger partial charge in [-0.2, -0.15) is 0 Å². The molecule has 46 valence electrons. The van der Waals surface area contributed by atoms with Crippen LogP contribution in [-0.2, 0) is 0 Å². The summed E-state index contributed by atoms with van der Waals surface area (Å²) in [5, 5.41) is 3.88. The first kappa shape index (κ1) is 5.37. The highest BCUT2D eigenvalue weighted by molar-refractivity contribution is 5.83. The summed E-state index contributed by atoms with van der Waals surface area (Å²) < 4.78 is 0. The SMILES string of the molecule is CC(C)C1=NNNN1. The van der Waals surface area contributed by atoms with Gasteiger partial charge in [0.15, 0.2) is 0 Å². The Bertz CT molecular complexity index is 107. The van der Waals surface area contributed by atoms with Crippen molar-refractivity contribution in [3.8, 4) is 0 Å². The molecule has 1 rings (SSSR count). The van der Waals surface area contributed by atoms with Gasteiger partial charge in [-0.3, -0.25) is 5.43 Å². The van der Waals surface area contributed by atoms with Crippen molar-refractivity contribution in [3.63, 3.8) is 0 Å². The Hall–Kier alpha value is -0.770. The fourth-order valence-electron chi connectivity index (χ4n) is 0.482. The van der Waals surface area contributed by atoms with Crippen LogP contribution in [0.15, 0.2) is 5.10 Å². The van der Waals surface area contributed by atoms with E-state index in [1.807, 2.05) is 0 Å². The molecule has 4 heteroatoms. The highest BCUT2D eigenvalue weighted by Gasteiger charge is 2.06. The van der Waals surface area contributed by atoms with Gasteiger partial charge in [-0.25, -0.2) is 5.53 Å². The quantitative estimate of drug-likeness (QED) is 0.433. The first-order valence-corrected chi connectivity index (χ1v) is 2.64. The minimum Gasteiger partial charge on any atom is -0.289 e. The Morgan fingerprint density at radius 3 is 2.50 bits per heavy atom. The molecule has 0 spiro atoms. The molecule has 0 aromatic rings. The second kappa shape index (κ2) is 2.00. The van der Waals surface area contributed by atoms with Gasteiger partial charge in [0.05, 0.1) is 0 Å². The number of rotatable bonds is 1. The zero-order valence-corrected chi connectivity index (χ0v) is 5.02. The van der Waals surface area contributed by atoms with Gasteiger partial charge in [0.1, 0.15) is 5.84 Å². The molecule has 0 radical (unpaired) electrons. The lowest BCUT2D eigenvalue weighted by molar-refractivity contribution is 0.574. The molecule has 0 aromatic carbocycles. The molecule has 0 saturated carbocycles. The van der Waals surface area contributed by atoms with Crippen molar-refractivity contribution in [2.24, 2.45) is 11.0 Å². The molecule has 1 aliphatic rings. The van der Waals surface area contributed by atoms with Crippen molar-refractivity contribution in [2.45, 2.75) is 13.8 Å². The van der Waals surface area contributed by atoms with Crippen LogP contribution in [0.5, 0.6) is 0 Å². The Balaban J connectivity index is 2.45. The average Bonchev–Trinajstić information content (AvgIpc) is 2.12. The predicted octanol–water partition coefficient (Wildman–Crippen LogP) is -0.432. The second-order valence-electron chi connectivity index (χ2n) is 2.01. The number of nitrogens with one attached hydrogen (secondary N) is 3. The lowest BCUT2D eigenvalue weighted by Gasteiger charge is -2.00. The maximum atomic E-state index is 3.88. The van der Waals surface area contributed by atoms with Crippen LogP contribution in [0.4, 0.5) is 0 Å². The minimum atomic E-state index is 0.456. The molecule has 0 atom stereocenters. The number of nitrogens with zero attached hydrogens (tertiary/aromatic N) is 1. The fourth-order valence-corrected chi connectivity index (χ4v) is 0.482. The summed E-state index contributed by atoms with van der Waals surface area (Å²) in [5.74, 6) is 1.41. The van der Waals surface area contributed by atoms with Crippen LogP contribution in [0.1, 0.15) is 13.8 Å². The highest BCUT2D eigenvalue weighted by Crippen LogP contribution is 1.92. The maximum Gasteiger partial charge on any atom is 0.141 e. The largest absolute Gasteiger partial charge is 0.289 e. The molecule has 0 bridgehead atoms. The van der Waals surface area contributed by atoms with E-state index < -0.39 is 0 Å². The summed E-state index contributed by atoms with van der Waals surface area (Å²) in [6.07, 6.45) is 0. The van der Waals surface area contributed by atoms with Gasteiger partial charge in [-0.1, -0.05) is 13.8 Å². The normalized spacial score (nSPS) is 17.6. The van der Waals surface area contributed by atoms with Crippen molar-refractivity contribution < 1.29 is 0 Å². The molecule has 0 aliphatic carbocycles. The molecular formula is C4H10N4. The van der Waals surface area contributed by atoms with E-state index in [0.717, 1.165) is 5.84 Å². The van der Waals surface area contributed by atoms with Crippen molar-refractivity contribution in [1.82, 2.24) is 16.5 Å². The van der Waals surface area contributed by atoms with Gasteiger partial charge in [-0.15, -0.1) is 10.6 Å². The zero-order valence-electron chi connectivity index (χ0n) is 5.02. The summed E-state index contributed by atoms with van der Waals surface area (Å²) in [5.41, 5.74) is 8.08. The molecular weight excluding hydrogens is 104 g/mol. The van der Waals surface area contributed by atoms with E-state index >= 15 is 0 Å². The highest BCUT2D eigenvalue weighted by atomic mass is 15.8. The number of hydrazone groups is 1. The van der Waals surface area contributed by atoms with Crippen LogP contribution in [-0.4, -0.2) is 5.84 Å². The van der Waals surface area contributed by atoms with Crippen LogP contribution < -0.4 is 16.5 Å². The lowest BCUT2D eigenvalue weighted by Crippen LogP contribution is -2.36. The summed E-state index contributed by atoms with van der Waals surface area (Å²) in [6, 6.07) is 0. The third-order valence-corrected chi connectivity index (χ3v) is 0.970. The number of hydrazine groups is 2. The van der Waals surface area contributed by atoms with E-state index in [1.54, 1.807) is 0 Å². The molecule has 4 nitrogen and oxygen atoms in total. The van der Waals surface area contributed by atoms with E-state index in [1.165, 1.54) is 0 Å². The Morgan fingerprint density at radius 1 is 1.50 bits per heavy atom. The van der Waals surface area contributed by atoms with Crippen LogP contribution >= 0.6 is 0 Å². The average molecular weight is 114 g/mol. The van der Waals surface area contributed by atoms with Gasteiger partial charge >= 0.3 is 0 Å². The van der Waals surface area contributed by atoms with Gasteiger partial charge in [0.2, 0.25) is 0 Å². The molecule has 3 N–H and O–H groups in total. The summed E-state index contributed by atoms with van der Waals surface area (Å²) in [4.78, 5) is 0. The van der Waals surface area contributed by atoms with E-state index in [2.05, 4.69) is 35.4 Å². The lowest BCUT2D eigenvalue weighted by atomic mass is 10.2. The number of hydrogen-bond acceptors (Lipinski definition) is 4. The topological polar surface area (TPSA) is 48.5 Å². The van der Waals surface area contributed by atoms with Crippen LogP contribution in [0.3, 0.4) is 0 Å². The van der Waals surface area contributed by atoms with Crippen molar-refractivity contribution in [2.75, 3.05) is 0 Å². The summed E-state index contributed by atoms with van der Waals surface area (Å²) in [6.45, 7) is 4.14. The van der Waals surface area contributed by atoms with Gasteiger partial charge in [0, 0.05) is 5.92 Å². The fraction of sp³-hybridized carbons (Fsp3) is 0.750. The van der Waals surface area contributed by atoms with Gasteiger partial charge in [0.25, 0.3) is 0 Å². The minimum absolute atomic E-state index is 0.456. The molecule has 1 aliphatic heterocycles. The van der Waals surface area contributed by atoms with Crippen molar-refractivity contribution >= 4 is 5.84 Å². The smallest absolute Gasteiger partial charge is 0.141 e. The van der Waals surface area contributed by atoms with E-state index in [-0.39, 0.29) is 0 Å². The Labute approximate surface area is 48.3 Å². The first-order chi connectivity index (χ1) is 3.80. The second-order valence-corrected chi connectivity index (χ2v) is 2.01. The molecule has 0 amide bonds. The molecule has 0 saturated heterocycles. The van der Waals surface area contributed by atoms with Gasteiger partial charge < -0.3 is 0 Å².